The van der Waals surface area contributed by atoms with Crippen LogP contribution in [-0.2, 0) is 14.9 Å². The van der Waals surface area contributed by atoms with Crippen molar-refractivity contribution in [3.63, 3.8) is 0 Å². The lowest BCUT2D eigenvalue weighted by molar-refractivity contribution is 0.125. The molecule has 0 atom stereocenters. The summed E-state index contributed by atoms with van der Waals surface area (Å²) >= 11 is 0. The standard InChI is InChI=1S/C36H74O.C3H8O3S/c1-3-5-7-9-11-13-15-17-19-21-23-25-27-29-31-33-35-37-36-34-32-30-28-26-24-22-20-18-16-14-12-10-8-6-4-2;1-2-3-7(4,5)6/h3-36H2,1-2H3;2-3H2,1H3,(H,4,5,6). The average molecular weight is 647 g/mol. The van der Waals surface area contributed by atoms with E-state index in [2.05, 4.69) is 13.8 Å². The minimum absolute atomic E-state index is 0.132. The second kappa shape index (κ2) is 40.9. The number of unbranched alkanes of at least 4 members (excludes halogenated alkanes) is 30. The maximum Gasteiger partial charge on any atom is 0.264 e. The SMILES string of the molecule is CCCCCCCCCCCCCCCCCCOCCCCCCCCCCCCCCCCCC.CCCS(=O)(=O)O. The van der Waals surface area contributed by atoms with Crippen molar-refractivity contribution in [1.29, 1.82) is 0 Å². The van der Waals surface area contributed by atoms with E-state index < -0.39 is 10.1 Å². The first-order chi connectivity index (χ1) is 21.5. The Bertz CT molecular complexity index is 559. The fraction of sp³-hybridized carbons (Fsp3) is 1.00. The van der Waals surface area contributed by atoms with Gasteiger partial charge in [0.05, 0.1) is 5.75 Å². The van der Waals surface area contributed by atoms with Crippen molar-refractivity contribution in [3.05, 3.63) is 0 Å². The zero-order valence-electron chi connectivity index (χ0n) is 30.5. The summed E-state index contributed by atoms with van der Waals surface area (Å²) in [7, 11) is -3.67. The summed E-state index contributed by atoms with van der Waals surface area (Å²) in [6.07, 6.45) is 46.5. The maximum atomic E-state index is 9.79. The van der Waals surface area contributed by atoms with E-state index in [1.165, 1.54) is 205 Å². The molecule has 0 aliphatic heterocycles. The smallest absolute Gasteiger partial charge is 0.264 e. The van der Waals surface area contributed by atoms with Gasteiger partial charge in [0.25, 0.3) is 10.1 Å². The summed E-state index contributed by atoms with van der Waals surface area (Å²) in [5.74, 6) is -0.132. The van der Waals surface area contributed by atoms with Gasteiger partial charge in [-0.25, -0.2) is 0 Å². The van der Waals surface area contributed by atoms with E-state index in [1.807, 2.05) is 0 Å². The predicted molar refractivity (Wildman–Crippen MR) is 197 cm³/mol. The van der Waals surface area contributed by atoms with Crippen LogP contribution in [0.15, 0.2) is 0 Å². The molecule has 0 heterocycles. The van der Waals surface area contributed by atoms with Gasteiger partial charge in [-0.15, -0.1) is 0 Å². The van der Waals surface area contributed by atoms with Gasteiger partial charge in [-0.1, -0.05) is 213 Å². The zero-order chi connectivity index (χ0) is 32.7. The summed E-state index contributed by atoms with van der Waals surface area (Å²) in [5.41, 5.74) is 0. The normalized spacial score (nSPS) is 11.5. The minimum atomic E-state index is -3.67. The fourth-order valence-electron chi connectivity index (χ4n) is 5.86. The molecule has 0 saturated carbocycles. The molecule has 4 nitrogen and oxygen atoms in total. The van der Waals surface area contributed by atoms with Gasteiger partial charge in [0.1, 0.15) is 0 Å². The van der Waals surface area contributed by atoms with E-state index >= 15 is 0 Å². The third-order valence-electron chi connectivity index (χ3n) is 8.75. The first kappa shape index (κ1) is 46.0. The Morgan fingerprint density at radius 1 is 0.341 bits per heavy atom. The molecule has 0 bridgehead atoms. The van der Waals surface area contributed by atoms with Gasteiger partial charge in [0.2, 0.25) is 0 Å². The molecule has 0 saturated heterocycles. The fourth-order valence-corrected chi connectivity index (χ4v) is 6.38. The summed E-state index contributed by atoms with van der Waals surface area (Å²) < 4.78 is 33.4. The van der Waals surface area contributed by atoms with E-state index in [0.717, 1.165) is 13.2 Å². The molecule has 0 spiro atoms. The number of ether oxygens (including phenoxy) is 1. The highest BCUT2D eigenvalue weighted by molar-refractivity contribution is 7.85. The van der Waals surface area contributed by atoms with Crippen LogP contribution in [0, 0.1) is 0 Å². The molecule has 0 aromatic carbocycles. The zero-order valence-corrected chi connectivity index (χ0v) is 31.4. The molecule has 0 aromatic heterocycles. The Kier molecular flexibility index (Phi) is 42.7. The van der Waals surface area contributed by atoms with Gasteiger partial charge in [-0.3, -0.25) is 4.55 Å². The van der Waals surface area contributed by atoms with Crippen LogP contribution >= 0.6 is 0 Å². The van der Waals surface area contributed by atoms with Crippen LogP contribution in [0.1, 0.15) is 233 Å². The summed E-state index contributed by atoms with van der Waals surface area (Å²) in [4.78, 5) is 0. The number of hydrogen-bond acceptors (Lipinski definition) is 3. The van der Waals surface area contributed by atoms with Gasteiger partial charge in [0, 0.05) is 13.2 Å². The topological polar surface area (TPSA) is 63.6 Å². The summed E-state index contributed by atoms with van der Waals surface area (Å²) in [6, 6.07) is 0. The first-order valence-corrected chi connectivity index (χ1v) is 21.6. The molecule has 0 rings (SSSR count). The van der Waals surface area contributed by atoms with E-state index in [-0.39, 0.29) is 5.75 Å². The first-order valence-electron chi connectivity index (χ1n) is 20.0. The van der Waals surface area contributed by atoms with Crippen LogP contribution < -0.4 is 0 Å². The second-order valence-electron chi connectivity index (χ2n) is 13.5. The highest BCUT2D eigenvalue weighted by atomic mass is 32.2. The molecule has 5 heteroatoms. The van der Waals surface area contributed by atoms with Crippen molar-refractivity contribution in [1.82, 2.24) is 0 Å². The van der Waals surface area contributed by atoms with Crippen molar-refractivity contribution < 1.29 is 17.7 Å². The Hall–Kier alpha value is -0.130. The molecule has 1 N–H and O–H groups in total. The Labute approximate surface area is 278 Å². The lowest BCUT2D eigenvalue weighted by Crippen LogP contribution is -2.01. The van der Waals surface area contributed by atoms with Crippen molar-refractivity contribution >= 4 is 10.1 Å². The van der Waals surface area contributed by atoms with Gasteiger partial charge < -0.3 is 4.74 Å². The Balaban J connectivity index is 0. The van der Waals surface area contributed by atoms with Gasteiger partial charge >= 0.3 is 0 Å². The van der Waals surface area contributed by atoms with Crippen LogP contribution in [0.25, 0.3) is 0 Å². The number of hydrogen-bond donors (Lipinski definition) is 1. The Morgan fingerprint density at radius 3 is 0.705 bits per heavy atom. The molecule has 0 aliphatic rings. The van der Waals surface area contributed by atoms with Crippen LogP contribution in [0.5, 0.6) is 0 Å². The monoisotopic (exact) mass is 647 g/mol. The molecule has 0 unspecified atom stereocenters. The van der Waals surface area contributed by atoms with E-state index in [9.17, 15) is 8.42 Å². The van der Waals surface area contributed by atoms with Crippen molar-refractivity contribution in [2.45, 2.75) is 233 Å². The lowest BCUT2D eigenvalue weighted by atomic mass is 10.0. The van der Waals surface area contributed by atoms with Crippen LogP contribution in [0.4, 0.5) is 0 Å². The summed E-state index contributed by atoms with van der Waals surface area (Å²) in [5, 5.41) is 0. The summed E-state index contributed by atoms with van der Waals surface area (Å²) in [6.45, 7) is 8.29. The van der Waals surface area contributed by atoms with Crippen molar-refractivity contribution in [2.75, 3.05) is 19.0 Å². The van der Waals surface area contributed by atoms with E-state index in [0.29, 0.717) is 6.42 Å². The molecule has 0 radical (unpaired) electrons. The quantitative estimate of drug-likeness (QED) is 0.0543. The number of rotatable bonds is 36. The molecule has 0 amide bonds. The molecular formula is C39H82O4S. The van der Waals surface area contributed by atoms with Gasteiger partial charge in [0.15, 0.2) is 0 Å². The van der Waals surface area contributed by atoms with Crippen LogP contribution in [0.2, 0.25) is 0 Å². The van der Waals surface area contributed by atoms with Gasteiger partial charge in [-0.05, 0) is 19.3 Å². The van der Waals surface area contributed by atoms with Gasteiger partial charge in [-0.2, -0.15) is 8.42 Å². The average Bonchev–Trinajstić information content (AvgIpc) is 2.99. The van der Waals surface area contributed by atoms with Crippen molar-refractivity contribution in [2.24, 2.45) is 0 Å². The molecule has 44 heavy (non-hydrogen) atoms. The maximum absolute atomic E-state index is 9.79. The van der Waals surface area contributed by atoms with E-state index in [4.69, 9.17) is 9.29 Å². The second-order valence-corrected chi connectivity index (χ2v) is 15.1. The molecular weight excluding hydrogens is 564 g/mol. The van der Waals surface area contributed by atoms with E-state index in [1.54, 1.807) is 6.92 Å². The molecule has 268 valence electrons. The molecule has 0 aliphatic carbocycles. The predicted octanol–water partition coefficient (Wildman–Crippen LogP) is 13.8. The minimum Gasteiger partial charge on any atom is -0.381 e. The lowest BCUT2D eigenvalue weighted by Gasteiger charge is -2.06. The third kappa shape index (κ3) is 48.8. The van der Waals surface area contributed by atoms with Crippen molar-refractivity contribution in [3.8, 4) is 0 Å². The largest absolute Gasteiger partial charge is 0.381 e. The third-order valence-corrected chi connectivity index (χ3v) is 9.67. The molecule has 0 fully saturated rings. The Morgan fingerprint density at radius 2 is 0.545 bits per heavy atom. The highest BCUT2D eigenvalue weighted by Crippen LogP contribution is 2.15. The van der Waals surface area contributed by atoms with Crippen LogP contribution in [0.3, 0.4) is 0 Å². The highest BCUT2D eigenvalue weighted by Gasteiger charge is 1.99. The van der Waals surface area contributed by atoms with Crippen LogP contribution in [-0.4, -0.2) is 31.9 Å². The molecule has 0 aromatic rings.